The van der Waals surface area contributed by atoms with Crippen molar-refractivity contribution in [2.45, 2.75) is 24.8 Å². The Morgan fingerprint density at radius 1 is 1.11 bits per heavy atom. The quantitative estimate of drug-likeness (QED) is 0.654. The number of anilines is 1. The first-order valence-corrected chi connectivity index (χ1v) is 9.25. The highest BCUT2D eigenvalue weighted by Gasteiger charge is 2.41. The van der Waals surface area contributed by atoms with Gasteiger partial charge >= 0.3 is 0 Å². The Morgan fingerprint density at radius 3 is 2.70 bits per heavy atom. The largest absolute Gasteiger partial charge is 0.507 e. The molecule has 0 unspecified atom stereocenters. The topological polar surface area (TPSA) is 103 Å². The van der Waals surface area contributed by atoms with Gasteiger partial charge in [-0.05, 0) is 37.0 Å². The van der Waals surface area contributed by atoms with E-state index < -0.39 is 0 Å². The molecule has 5 rings (SSSR count). The standard InChI is InChI=1S/C19H21N7O/c27-17-8-13(14-9-22-23-10-14)2-3-15(17)16-11-20-18(25-24-16)26-7-6-21-19(12-26)4-1-5-19/h2-3,8-11,21,27H,1,4-7,12H2,(H,22,23). The molecule has 3 aromatic rings. The highest BCUT2D eigenvalue weighted by Crippen LogP contribution is 2.35. The fourth-order valence-corrected chi connectivity index (χ4v) is 3.94. The van der Waals surface area contributed by atoms with Crippen molar-refractivity contribution in [3.8, 4) is 28.1 Å². The number of H-pyrrole nitrogens is 1. The van der Waals surface area contributed by atoms with E-state index in [2.05, 4.69) is 35.6 Å². The van der Waals surface area contributed by atoms with E-state index in [1.807, 2.05) is 12.1 Å². The summed E-state index contributed by atoms with van der Waals surface area (Å²) in [4.78, 5) is 6.72. The summed E-state index contributed by atoms with van der Waals surface area (Å²) in [5.41, 5.74) is 3.21. The van der Waals surface area contributed by atoms with Crippen LogP contribution in [0.3, 0.4) is 0 Å². The van der Waals surface area contributed by atoms with Gasteiger partial charge < -0.3 is 15.3 Å². The Labute approximate surface area is 156 Å². The summed E-state index contributed by atoms with van der Waals surface area (Å²) in [6.07, 6.45) is 8.90. The Hall–Kier alpha value is -3.00. The minimum Gasteiger partial charge on any atom is -0.507 e. The lowest BCUT2D eigenvalue weighted by atomic mass is 9.75. The SMILES string of the molecule is Oc1cc(-c2cn[nH]c2)ccc1-c1cnc(N2CCNC3(CCC3)C2)nn1. The Morgan fingerprint density at radius 2 is 2.04 bits per heavy atom. The molecule has 0 amide bonds. The van der Waals surface area contributed by atoms with Crippen LogP contribution in [0.15, 0.2) is 36.8 Å². The number of piperazine rings is 1. The van der Waals surface area contributed by atoms with Gasteiger partial charge in [-0.1, -0.05) is 6.07 Å². The second kappa shape index (κ2) is 6.31. The normalized spacial score (nSPS) is 18.4. The molecule has 0 radical (unpaired) electrons. The molecule has 2 aromatic heterocycles. The molecule has 1 saturated heterocycles. The molecule has 138 valence electrons. The van der Waals surface area contributed by atoms with Gasteiger partial charge in [0.1, 0.15) is 11.4 Å². The van der Waals surface area contributed by atoms with Crippen molar-refractivity contribution < 1.29 is 5.11 Å². The molecule has 2 aliphatic rings. The van der Waals surface area contributed by atoms with Crippen molar-refractivity contribution in [2.75, 3.05) is 24.5 Å². The number of phenolic OH excluding ortho intramolecular Hbond substituents is 1. The summed E-state index contributed by atoms with van der Waals surface area (Å²) in [7, 11) is 0. The first-order valence-electron chi connectivity index (χ1n) is 9.25. The van der Waals surface area contributed by atoms with Gasteiger partial charge in [-0.3, -0.25) is 5.10 Å². The van der Waals surface area contributed by atoms with Gasteiger partial charge in [-0.25, -0.2) is 4.98 Å². The zero-order valence-electron chi connectivity index (χ0n) is 14.9. The zero-order chi connectivity index (χ0) is 18.3. The van der Waals surface area contributed by atoms with Gasteiger partial charge in [0.25, 0.3) is 0 Å². The van der Waals surface area contributed by atoms with E-state index in [1.54, 1.807) is 24.7 Å². The number of aromatic hydroxyl groups is 1. The van der Waals surface area contributed by atoms with Crippen LogP contribution in [0.25, 0.3) is 22.4 Å². The second-order valence-corrected chi connectivity index (χ2v) is 7.34. The van der Waals surface area contributed by atoms with Gasteiger partial charge in [0.05, 0.1) is 12.4 Å². The molecule has 1 aliphatic carbocycles. The lowest BCUT2D eigenvalue weighted by molar-refractivity contribution is 0.172. The predicted molar refractivity (Wildman–Crippen MR) is 101 cm³/mol. The number of phenols is 1. The van der Waals surface area contributed by atoms with Crippen LogP contribution in [-0.2, 0) is 0 Å². The Balaban J connectivity index is 1.37. The number of hydrogen-bond donors (Lipinski definition) is 3. The molecule has 1 spiro atoms. The summed E-state index contributed by atoms with van der Waals surface area (Å²) >= 11 is 0. The summed E-state index contributed by atoms with van der Waals surface area (Å²) in [6.45, 7) is 2.76. The van der Waals surface area contributed by atoms with Crippen molar-refractivity contribution in [2.24, 2.45) is 0 Å². The fraction of sp³-hybridized carbons (Fsp3) is 0.368. The van der Waals surface area contributed by atoms with Crippen molar-refractivity contribution >= 4 is 5.95 Å². The lowest BCUT2D eigenvalue weighted by Gasteiger charge is -2.49. The Kier molecular flexibility index (Phi) is 3.78. The van der Waals surface area contributed by atoms with Crippen LogP contribution in [0.2, 0.25) is 0 Å². The summed E-state index contributed by atoms with van der Waals surface area (Å²) < 4.78 is 0. The lowest BCUT2D eigenvalue weighted by Crippen LogP contribution is -2.64. The number of benzene rings is 1. The highest BCUT2D eigenvalue weighted by atomic mass is 16.3. The molecule has 0 atom stereocenters. The van der Waals surface area contributed by atoms with Crippen molar-refractivity contribution in [3.63, 3.8) is 0 Å². The molecule has 0 bridgehead atoms. The first-order chi connectivity index (χ1) is 13.2. The van der Waals surface area contributed by atoms with Gasteiger partial charge in [-0.15, -0.1) is 10.2 Å². The smallest absolute Gasteiger partial charge is 0.245 e. The van der Waals surface area contributed by atoms with Gasteiger partial charge in [0.15, 0.2) is 0 Å². The monoisotopic (exact) mass is 363 g/mol. The summed E-state index contributed by atoms with van der Waals surface area (Å²) in [5.74, 6) is 0.800. The van der Waals surface area contributed by atoms with Crippen LogP contribution in [-0.4, -0.2) is 55.7 Å². The molecule has 2 fully saturated rings. The number of nitrogens with zero attached hydrogens (tertiary/aromatic N) is 5. The van der Waals surface area contributed by atoms with Crippen LogP contribution < -0.4 is 10.2 Å². The molecule has 8 nitrogen and oxygen atoms in total. The van der Waals surface area contributed by atoms with Gasteiger partial charge in [0, 0.05) is 42.5 Å². The third-order valence-corrected chi connectivity index (χ3v) is 5.62. The Bertz CT molecular complexity index is 935. The van der Waals surface area contributed by atoms with E-state index in [9.17, 15) is 5.11 Å². The number of rotatable bonds is 3. The second-order valence-electron chi connectivity index (χ2n) is 7.34. The average molecular weight is 363 g/mol. The minimum absolute atomic E-state index is 0.146. The molecular formula is C19H21N7O. The van der Waals surface area contributed by atoms with Gasteiger partial charge in [-0.2, -0.15) is 5.10 Å². The van der Waals surface area contributed by atoms with E-state index in [0.717, 1.165) is 30.8 Å². The van der Waals surface area contributed by atoms with E-state index in [-0.39, 0.29) is 11.3 Å². The third-order valence-electron chi connectivity index (χ3n) is 5.62. The molecule has 3 heterocycles. The molecule has 1 aromatic carbocycles. The molecule has 27 heavy (non-hydrogen) atoms. The van der Waals surface area contributed by atoms with Crippen LogP contribution in [0, 0.1) is 0 Å². The van der Waals surface area contributed by atoms with Crippen molar-refractivity contribution in [3.05, 3.63) is 36.8 Å². The molecule has 1 saturated carbocycles. The van der Waals surface area contributed by atoms with E-state index >= 15 is 0 Å². The van der Waals surface area contributed by atoms with E-state index in [4.69, 9.17) is 0 Å². The zero-order valence-corrected chi connectivity index (χ0v) is 14.9. The highest BCUT2D eigenvalue weighted by molar-refractivity contribution is 5.73. The summed E-state index contributed by atoms with van der Waals surface area (Å²) in [6, 6.07) is 5.45. The van der Waals surface area contributed by atoms with Crippen LogP contribution in [0.4, 0.5) is 5.95 Å². The number of hydrogen-bond acceptors (Lipinski definition) is 7. The third kappa shape index (κ3) is 2.91. The average Bonchev–Trinajstić information content (AvgIpc) is 3.22. The number of nitrogens with one attached hydrogen (secondary N) is 2. The number of aromatic amines is 1. The maximum atomic E-state index is 10.4. The van der Waals surface area contributed by atoms with Crippen LogP contribution in [0.5, 0.6) is 5.75 Å². The molecule has 1 aliphatic heterocycles. The maximum Gasteiger partial charge on any atom is 0.245 e. The first kappa shape index (κ1) is 16.2. The molecule has 8 heteroatoms. The maximum absolute atomic E-state index is 10.4. The van der Waals surface area contributed by atoms with Crippen molar-refractivity contribution in [1.82, 2.24) is 30.7 Å². The van der Waals surface area contributed by atoms with Gasteiger partial charge in [0.2, 0.25) is 5.95 Å². The van der Waals surface area contributed by atoms with Crippen molar-refractivity contribution in [1.29, 1.82) is 0 Å². The van der Waals surface area contributed by atoms with E-state index in [0.29, 0.717) is 17.2 Å². The molecular weight excluding hydrogens is 342 g/mol. The minimum atomic E-state index is 0.146. The predicted octanol–water partition coefficient (Wildman–Crippen LogP) is 1.97. The molecule has 3 N–H and O–H groups in total. The summed E-state index contributed by atoms with van der Waals surface area (Å²) in [5, 5.41) is 29.4. The van der Waals surface area contributed by atoms with Crippen LogP contribution in [0.1, 0.15) is 19.3 Å². The number of aromatic nitrogens is 5. The fourth-order valence-electron chi connectivity index (χ4n) is 3.94. The van der Waals surface area contributed by atoms with Crippen LogP contribution >= 0.6 is 0 Å². The van der Waals surface area contributed by atoms with E-state index in [1.165, 1.54) is 19.3 Å².